The van der Waals surface area contributed by atoms with E-state index >= 15 is 0 Å². The van der Waals surface area contributed by atoms with Gasteiger partial charge in [0.2, 0.25) is 5.91 Å². The van der Waals surface area contributed by atoms with Crippen molar-refractivity contribution in [2.75, 3.05) is 4.90 Å². The number of aromatic nitrogens is 2. The van der Waals surface area contributed by atoms with Gasteiger partial charge in [0.05, 0.1) is 12.2 Å². The van der Waals surface area contributed by atoms with Crippen LogP contribution in [-0.4, -0.2) is 27.1 Å². The van der Waals surface area contributed by atoms with E-state index in [1.807, 2.05) is 39.0 Å². The predicted octanol–water partition coefficient (Wildman–Crippen LogP) is 3.68. The molecular weight excluding hydrogens is 395 g/mol. The summed E-state index contributed by atoms with van der Waals surface area (Å²) in [5, 5.41) is 7.34. The van der Waals surface area contributed by atoms with Crippen molar-refractivity contribution in [1.82, 2.24) is 15.1 Å². The quantitative estimate of drug-likeness (QED) is 0.700. The number of nitrogens with one attached hydrogen (secondary N) is 1. The molecule has 0 fully saturated rings. The molecule has 0 aliphatic carbocycles. The van der Waals surface area contributed by atoms with Crippen molar-refractivity contribution in [1.29, 1.82) is 0 Å². The Hall–Kier alpha value is -3.48. The molecule has 1 atom stereocenters. The largest absolute Gasteiger partial charge is 0.350 e. The van der Waals surface area contributed by atoms with Crippen molar-refractivity contribution in [3.05, 3.63) is 82.4 Å². The molecule has 1 N–H and O–H groups in total. The lowest BCUT2D eigenvalue weighted by Gasteiger charge is -2.43. The van der Waals surface area contributed by atoms with Gasteiger partial charge in [-0.05, 0) is 74.7 Å². The molecule has 2 aromatic carbocycles. The van der Waals surface area contributed by atoms with E-state index in [1.54, 1.807) is 34.7 Å². The Balaban J connectivity index is 1.72. The summed E-state index contributed by atoms with van der Waals surface area (Å²) in [6, 6.07) is 13.6. The molecular formula is C24H25FN4O2. The molecule has 1 aromatic heterocycles. The first-order valence-corrected chi connectivity index (χ1v) is 10.2. The van der Waals surface area contributed by atoms with Gasteiger partial charge >= 0.3 is 0 Å². The third-order valence-electron chi connectivity index (χ3n) is 5.60. The molecule has 0 saturated carbocycles. The first-order valence-electron chi connectivity index (χ1n) is 10.2. The minimum Gasteiger partial charge on any atom is -0.350 e. The molecule has 7 heteroatoms. The molecule has 1 aliphatic heterocycles. The van der Waals surface area contributed by atoms with Gasteiger partial charge in [-0.15, -0.1) is 0 Å². The zero-order valence-electron chi connectivity index (χ0n) is 18.1. The number of hydrogen-bond acceptors (Lipinski definition) is 3. The SMILES string of the molecule is Cc1cc(C)cc(N2C(=O)c3cc(C)nn3CC2(C)C(=O)NCc2ccc(F)cc2)c1. The Kier molecular flexibility index (Phi) is 5.13. The van der Waals surface area contributed by atoms with Crippen LogP contribution < -0.4 is 10.2 Å². The Labute approximate surface area is 180 Å². The van der Waals surface area contributed by atoms with Gasteiger partial charge in [0.1, 0.15) is 17.1 Å². The van der Waals surface area contributed by atoms with E-state index in [1.165, 1.54) is 12.1 Å². The third-order valence-corrected chi connectivity index (χ3v) is 5.60. The first kappa shape index (κ1) is 20.8. The number of benzene rings is 2. The number of aryl methyl sites for hydroxylation is 3. The number of hydrogen-bond donors (Lipinski definition) is 1. The van der Waals surface area contributed by atoms with Crippen LogP contribution in [0.5, 0.6) is 0 Å². The maximum atomic E-state index is 13.5. The Morgan fingerprint density at radius 1 is 1.10 bits per heavy atom. The summed E-state index contributed by atoms with van der Waals surface area (Å²) in [5.74, 6) is -0.901. The van der Waals surface area contributed by atoms with Crippen LogP contribution in [0.3, 0.4) is 0 Å². The fraction of sp³-hybridized carbons (Fsp3) is 0.292. The maximum Gasteiger partial charge on any atom is 0.277 e. The molecule has 1 aliphatic rings. The number of amides is 2. The van der Waals surface area contributed by atoms with Crippen LogP contribution in [0, 0.1) is 26.6 Å². The molecule has 31 heavy (non-hydrogen) atoms. The average Bonchev–Trinajstić information content (AvgIpc) is 3.06. The summed E-state index contributed by atoms with van der Waals surface area (Å²) in [6.45, 7) is 7.96. The number of carbonyl (C=O) groups is 2. The second-order valence-electron chi connectivity index (χ2n) is 8.40. The van der Waals surface area contributed by atoms with E-state index in [0.29, 0.717) is 11.4 Å². The van der Waals surface area contributed by atoms with Gasteiger partial charge in [-0.25, -0.2) is 4.39 Å². The molecule has 4 rings (SSSR count). The minimum atomic E-state index is -1.19. The number of halogens is 1. The summed E-state index contributed by atoms with van der Waals surface area (Å²) in [6.07, 6.45) is 0. The second kappa shape index (κ2) is 7.65. The number of anilines is 1. The van der Waals surface area contributed by atoms with E-state index in [-0.39, 0.29) is 30.7 Å². The van der Waals surface area contributed by atoms with Crippen LogP contribution in [0.25, 0.3) is 0 Å². The molecule has 3 aromatic rings. The third kappa shape index (κ3) is 3.83. The predicted molar refractivity (Wildman–Crippen MR) is 116 cm³/mol. The van der Waals surface area contributed by atoms with Gasteiger partial charge in [-0.2, -0.15) is 5.10 Å². The van der Waals surface area contributed by atoms with Crippen LogP contribution in [0.4, 0.5) is 10.1 Å². The minimum absolute atomic E-state index is 0.226. The average molecular weight is 420 g/mol. The lowest BCUT2D eigenvalue weighted by Crippen LogP contribution is -2.64. The van der Waals surface area contributed by atoms with Crippen molar-refractivity contribution in [3.8, 4) is 0 Å². The van der Waals surface area contributed by atoms with E-state index in [2.05, 4.69) is 10.4 Å². The molecule has 2 amide bonds. The van der Waals surface area contributed by atoms with Gasteiger partial charge in [0.15, 0.2) is 0 Å². The molecule has 0 radical (unpaired) electrons. The van der Waals surface area contributed by atoms with Crippen molar-refractivity contribution >= 4 is 17.5 Å². The fourth-order valence-electron chi connectivity index (χ4n) is 4.17. The lowest BCUT2D eigenvalue weighted by atomic mass is 9.93. The zero-order valence-corrected chi connectivity index (χ0v) is 18.1. The van der Waals surface area contributed by atoms with Crippen LogP contribution >= 0.6 is 0 Å². The van der Waals surface area contributed by atoms with E-state index in [9.17, 15) is 14.0 Å². The molecule has 1 unspecified atom stereocenters. The fourth-order valence-corrected chi connectivity index (χ4v) is 4.17. The van der Waals surface area contributed by atoms with E-state index in [4.69, 9.17) is 0 Å². The van der Waals surface area contributed by atoms with Crippen molar-refractivity contribution in [2.45, 2.75) is 46.3 Å². The number of rotatable bonds is 4. The normalized spacial score (nSPS) is 18.1. The highest BCUT2D eigenvalue weighted by Crippen LogP contribution is 2.34. The van der Waals surface area contributed by atoms with Gasteiger partial charge in [-0.1, -0.05) is 18.2 Å². The molecule has 160 valence electrons. The molecule has 6 nitrogen and oxygen atoms in total. The number of carbonyl (C=O) groups excluding carboxylic acids is 2. The van der Waals surface area contributed by atoms with E-state index < -0.39 is 5.54 Å². The Bertz CT molecular complexity index is 1150. The standard InChI is InChI=1S/C24H25FN4O2/c1-15-9-16(2)11-20(10-15)29-22(30)21-12-17(3)27-28(21)14-24(29,4)23(31)26-13-18-5-7-19(25)8-6-18/h5-12H,13-14H2,1-4H3,(H,26,31). The first-order chi connectivity index (χ1) is 14.7. The smallest absolute Gasteiger partial charge is 0.277 e. The molecule has 0 bridgehead atoms. The van der Waals surface area contributed by atoms with Gasteiger partial charge in [0.25, 0.3) is 5.91 Å². The van der Waals surface area contributed by atoms with E-state index in [0.717, 1.165) is 22.4 Å². The van der Waals surface area contributed by atoms with Gasteiger partial charge < -0.3 is 5.32 Å². The topological polar surface area (TPSA) is 67.2 Å². The highest BCUT2D eigenvalue weighted by atomic mass is 19.1. The number of nitrogens with zero attached hydrogens (tertiary/aromatic N) is 3. The van der Waals surface area contributed by atoms with Crippen LogP contribution in [0.2, 0.25) is 0 Å². The highest BCUT2D eigenvalue weighted by molar-refractivity contribution is 6.11. The molecule has 0 saturated heterocycles. The summed E-state index contributed by atoms with van der Waals surface area (Å²) in [5.41, 5.74) is 3.45. The maximum absolute atomic E-state index is 13.5. The monoisotopic (exact) mass is 420 g/mol. The lowest BCUT2D eigenvalue weighted by molar-refractivity contribution is -0.126. The van der Waals surface area contributed by atoms with Crippen molar-refractivity contribution < 1.29 is 14.0 Å². The van der Waals surface area contributed by atoms with Gasteiger partial charge in [0, 0.05) is 12.2 Å². The van der Waals surface area contributed by atoms with Gasteiger partial charge in [-0.3, -0.25) is 19.2 Å². The second-order valence-corrected chi connectivity index (χ2v) is 8.40. The highest BCUT2D eigenvalue weighted by Gasteiger charge is 2.48. The Morgan fingerprint density at radius 3 is 2.39 bits per heavy atom. The van der Waals surface area contributed by atoms with Crippen molar-refractivity contribution in [3.63, 3.8) is 0 Å². The summed E-state index contributed by atoms with van der Waals surface area (Å²) in [7, 11) is 0. The molecule has 0 spiro atoms. The zero-order chi connectivity index (χ0) is 22.3. The van der Waals surface area contributed by atoms with Crippen LogP contribution in [0.15, 0.2) is 48.5 Å². The van der Waals surface area contributed by atoms with Crippen molar-refractivity contribution in [2.24, 2.45) is 0 Å². The van der Waals surface area contributed by atoms with Crippen LogP contribution in [0.1, 0.15) is 39.8 Å². The Morgan fingerprint density at radius 2 is 1.74 bits per heavy atom. The summed E-state index contributed by atoms with van der Waals surface area (Å²) >= 11 is 0. The summed E-state index contributed by atoms with van der Waals surface area (Å²) in [4.78, 5) is 28.6. The molecule has 2 heterocycles. The summed E-state index contributed by atoms with van der Waals surface area (Å²) < 4.78 is 14.8. The van der Waals surface area contributed by atoms with Crippen LogP contribution in [-0.2, 0) is 17.9 Å². The number of fused-ring (bicyclic) bond motifs is 1.